The third-order valence-electron chi connectivity index (χ3n) is 5.17. The number of carbonyl (C=O) groups is 1. The van der Waals surface area contributed by atoms with E-state index in [1.807, 2.05) is 35.2 Å². The van der Waals surface area contributed by atoms with Crippen molar-refractivity contribution < 1.29 is 9.53 Å². The van der Waals surface area contributed by atoms with Crippen molar-refractivity contribution >= 4 is 23.1 Å². The fraction of sp³-hybridized carbons (Fsp3) is 0.381. The second kappa shape index (κ2) is 8.31. The van der Waals surface area contributed by atoms with Crippen LogP contribution in [0, 0.1) is 0 Å². The molecule has 0 atom stereocenters. The van der Waals surface area contributed by atoms with E-state index in [-0.39, 0.29) is 6.03 Å². The van der Waals surface area contributed by atoms with Gasteiger partial charge in [0.05, 0.1) is 24.6 Å². The number of piperazine rings is 1. The van der Waals surface area contributed by atoms with Crippen molar-refractivity contribution in [1.29, 1.82) is 0 Å². The van der Waals surface area contributed by atoms with Gasteiger partial charge in [-0.2, -0.15) is 0 Å². The van der Waals surface area contributed by atoms with E-state index in [2.05, 4.69) is 39.4 Å². The number of urea groups is 1. The number of amides is 2. The highest BCUT2D eigenvalue weighted by Gasteiger charge is 2.24. The van der Waals surface area contributed by atoms with Crippen LogP contribution in [0.15, 0.2) is 54.6 Å². The number of nitrogens with one attached hydrogen (secondary N) is 1. The van der Waals surface area contributed by atoms with Gasteiger partial charge in [-0.05, 0) is 24.3 Å². The van der Waals surface area contributed by atoms with Crippen LogP contribution in [-0.4, -0.2) is 63.4 Å². The summed E-state index contributed by atoms with van der Waals surface area (Å²) in [6.45, 7) is 6.52. The van der Waals surface area contributed by atoms with Crippen LogP contribution in [0.2, 0.25) is 0 Å². The van der Waals surface area contributed by atoms with Gasteiger partial charge in [0.15, 0.2) is 0 Å². The maximum atomic E-state index is 12.5. The number of hydrogen-bond donors (Lipinski definition) is 1. The first kappa shape index (κ1) is 17.7. The summed E-state index contributed by atoms with van der Waals surface area (Å²) in [6, 6.07) is 18.2. The highest BCUT2D eigenvalue weighted by molar-refractivity contribution is 5.89. The Morgan fingerprint density at radius 3 is 1.93 bits per heavy atom. The average molecular weight is 366 g/mol. The second-order valence-electron chi connectivity index (χ2n) is 6.86. The minimum absolute atomic E-state index is 0.0256. The van der Waals surface area contributed by atoms with Gasteiger partial charge >= 0.3 is 6.03 Å². The van der Waals surface area contributed by atoms with Crippen molar-refractivity contribution in [3.05, 3.63) is 54.6 Å². The molecular weight excluding hydrogens is 340 g/mol. The van der Waals surface area contributed by atoms with Crippen molar-refractivity contribution in [2.75, 3.05) is 67.6 Å². The van der Waals surface area contributed by atoms with Gasteiger partial charge in [0.25, 0.3) is 0 Å². The first-order valence-electron chi connectivity index (χ1n) is 9.59. The fourth-order valence-electron chi connectivity index (χ4n) is 3.68. The summed E-state index contributed by atoms with van der Waals surface area (Å²) < 4.78 is 5.49. The van der Waals surface area contributed by atoms with Gasteiger partial charge < -0.3 is 24.8 Å². The molecule has 0 aromatic heterocycles. The molecule has 0 saturated carbocycles. The van der Waals surface area contributed by atoms with E-state index in [0.717, 1.165) is 58.2 Å². The van der Waals surface area contributed by atoms with E-state index in [0.29, 0.717) is 0 Å². The number of nitrogens with zero attached hydrogens (tertiary/aromatic N) is 3. The van der Waals surface area contributed by atoms with Crippen LogP contribution < -0.4 is 15.1 Å². The maximum Gasteiger partial charge on any atom is 0.321 e. The molecule has 2 fully saturated rings. The zero-order valence-corrected chi connectivity index (χ0v) is 15.5. The highest BCUT2D eigenvalue weighted by atomic mass is 16.5. The molecule has 2 aromatic rings. The van der Waals surface area contributed by atoms with Gasteiger partial charge in [-0.15, -0.1) is 0 Å². The zero-order chi connectivity index (χ0) is 18.5. The number of anilines is 3. The van der Waals surface area contributed by atoms with Gasteiger partial charge in [0, 0.05) is 45.0 Å². The van der Waals surface area contributed by atoms with Gasteiger partial charge in [0.2, 0.25) is 0 Å². The average Bonchev–Trinajstić information content (AvgIpc) is 2.75. The lowest BCUT2D eigenvalue weighted by atomic mass is 10.2. The number of benzene rings is 2. The number of morpholine rings is 1. The van der Waals surface area contributed by atoms with Gasteiger partial charge in [-0.25, -0.2) is 4.79 Å². The van der Waals surface area contributed by atoms with Crippen LogP contribution in [0.25, 0.3) is 0 Å². The summed E-state index contributed by atoms with van der Waals surface area (Å²) in [4.78, 5) is 19.2. The van der Waals surface area contributed by atoms with Crippen LogP contribution in [0.5, 0.6) is 0 Å². The van der Waals surface area contributed by atoms with E-state index in [4.69, 9.17) is 4.74 Å². The quantitative estimate of drug-likeness (QED) is 0.907. The second-order valence-corrected chi connectivity index (χ2v) is 6.86. The minimum Gasteiger partial charge on any atom is -0.378 e. The molecule has 2 amide bonds. The Balaban J connectivity index is 1.39. The number of ether oxygens (including phenoxy) is 1. The van der Waals surface area contributed by atoms with Crippen LogP contribution in [0.4, 0.5) is 21.9 Å². The first-order valence-corrected chi connectivity index (χ1v) is 9.59. The molecule has 2 aromatic carbocycles. The van der Waals surface area contributed by atoms with Crippen LogP contribution in [0.3, 0.4) is 0 Å². The molecule has 2 heterocycles. The number of carbonyl (C=O) groups excluding carboxylic acids is 1. The Morgan fingerprint density at radius 1 is 0.741 bits per heavy atom. The molecule has 0 radical (unpaired) electrons. The van der Waals surface area contributed by atoms with Gasteiger partial charge in [-0.3, -0.25) is 0 Å². The molecule has 0 spiro atoms. The smallest absolute Gasteiger partial charge is 0.321 e. The number of para-hydroxylation sites is 3. The number of hydrogen-bond acceptors (Lipinski definition) is 4. The molecule has 6 heteroatoms. The lowest BCUT2D eigenvalue weighted by molar-refractivity contribution is 0.122. The van der Waals surface area contributed by atoms with E-state index in [1.165, 1.54) is 11.4 Å². The third-order valence-corrected chi connectivity index (χ3v) is 5.17. The maximum absolute atomic E-state index is 12.5. The van der Waals surface area contributed by atoms with Crippen LogP contribution >= 0.6 is 0 Å². The Bertz CT molecular complexity index is 754. The molecule has 2 aliphatic rings. The monoisotopic (exact) mass is 366 g/mol. The first-order chi connectivity index (χ1) is 13.3. The lowest BCUT2D eigenvalue weighted by Gasteiger charge is -2.39. The van der Waals surface area contributed by atoms with E-state index in [9.17, 15) is 4.79 Å². The van der Waals surface area contributed by atoms with E-state index in [1.54, 1.807) is 0 Å². The normalized spacial score (nSPS) is 17.7. The summed E-state index contributed by atoms with van der Waals surface area (Å²) in [5.41, 5.74) is 3.35. The molecule has 0 unspecified atom stereocenters. The molecule has 1 N–H and O–H groups in total. The van der Waals surface area contributed by atoms with Crippen molar-refractivity contribution in [1.82, 2.24) is 4.90 Å². The van der Waals surface area contributed by atoms with Gasteiger partial charge in [-0.1, -0.05) is 30.3 Å². The number of rotatable bonds is 3. The third kappa shape index (κ3) is 4.17. The molecule has 4 rings (SSSR count). The molecule has 2 saturated heterocycles. The largest absolute Gasteiger partial charge is 0.378 e. The van der Waals surface area contributed by atoms with Crippen molar-refractivity contribution in [2.24, 2.45) is 0 Å². The lowest BCUT2D eigenvalue weighted by Crippen LogP contribution is -2.50. The summed E-state index contributed by atoms with van der Waals surface area (Å²) in [5, 5.41) is 2.98. The van der Waals surface area contributed by atoms with E-state index >= 15 is 0 Å². The van der Waals surface area contributed by atoms with Crippen molar-refractivity contribution in [3.63, 3.8) is 0 Å². The summed E-state index contributed by atoms with van der Waals surface area (Å²) in [6.07, 6.45) is 0. The van der Waals surface area contributed by atoms with E-state index < -0.39 is 0 Å². The standard InChI is InChI=1S/C21H26N4O2/c26-21(22-18-6-2-1-3-7-18)25-12-10-23(11-13-25)19-8-4-5-9-20(19)24-14-16-27-17-15-24/h1-9H,10-17H2,(H,22,26). The molecule has 2 aliphatic heterocycles. The van der Waals surface area contributed by atoms with Gasteiger partial charge in [0.1, 0.15) is 0 Å². The predicted molar refractivity (Wildman–Crippen MR) is 109 cm³/mol. The molecule has 142 valence electrons. The van der Waals surface area contributed by atoms with Crippen molar-refractivity contribution in [2.45, 2.75) is 0 Å². The Morgan fingerprint density at radius 2 is 1.30 bits per heavy atom. The topological polar surface area (TPSA) is 48.1 Å². The molecule has 0 aliphatic carbocycles. The predicted octanol–water partition coefficient (Wildman–Crippen LogP) is 2.88. The molecule has 27 heavy (non-hydrogen) atoms. The summed E-state index contributed by atoms with van der Waals surface area (Å²) in [7, 11) is 0. The zero-order valence-electron chi connectivity index (χ0n) is 15.5. The molecule has 0 bridgehead atoms. The summed E-state index contributed by atoms with van der Waals surface area (Å²) >= 11 is 0. The van der Waals surface area contributed by atoms with Crippen LogP contribution in [0.1, 0.15) is 0 Å². The highest BCUT2D eigenvalue weighted by Crippen LogP contribution is 2.30. The summed E-state index contributed by atoms with van der Waals surface area (Å²) in [5.74, 6) is 0. The fourth-order valence-corrected chi connectivity index (χ4v) is 3.68. The van der Waals surface area contributed by atoms with Crippen LogP contribution in [-0.2, 0) is 4.74 Å². The molecular formula is C21H26N4O2. The SMILES string of the molecule is O=C(Nc1ccccc1)N1CCN(c2ccccc2N2CCOCC2)CC1. The molecule has 6 nitrogen and oxygen atoms in total. The minimum atomic E-state index is -0.0256. The Kier molecular flexibility index (Phi) is 5.44. The Hall–Kier alpha value is -2.73. The Labute approximate surface area is 160 Å². The van der Waals surface area contributed by atoms with Crippen molar-refractivity contribution in [3.8, 4) is 0 Å².